The second kappa shape index (κ2) is 9.31. The van der Waals surface area contributed by atoms with Gasteiger partial charge in [-0.2, -0.15) is 0 Å². The molecule has 0 radical (unpaired) electrons. The highest BCUT2D eigenvalue weighted by Crippen LogP contribution is 2.35. The van der Waals surface area contributed by atoms with Crippen LogP contribution in [0.1, 0.15) is 56.7 Å². The molecular weight excluding hydrogens is 388 g/mol. The second-order valence-corrected chi connectivity index (χ2v) is 8.27. The smallest absolute Gasteiger partial charge is 0.265 e. The van der Waals surface area contributed by atoms with Gasteiger partial charge in [0.15, 0.2) is 11.5 Å². The first kappa shape index (κ1) is 21.2. The van der Waals surface area contributed by atoms with Crippen molar-refractivity contribution in [1.82, 2.24) is 4.90 Å². The van der Waals surface area contributed by atoms with Crippen LogP contribution in [0.4, 0.5) is 5.69 Å². The molecule has 1 aromatic carbocycles. The Morgan fingerprint density at radius 3 is 2.31 bits per heavy atom. The third-order valence-corrected chi connectivity index (χ3v) is 6.59. The van der Waals surface area contributed by atoms with E-state index in [-0.39, 0.29) is 11.8 Å². The van der Waals surface area contributed by atoms with E-state index in [1.165, 1.54) is 30.4 Å². The Labute approximate surface area is 175 Å². The first-order valence-corrected chi connectivity index (χ1v) is 10.8. The molecule has 0 aliphatic carbocycles. The van der Waals surface area contributed by atoms with Gasteiger partial charge >= 0.3 is 0 Å². The minimum Gasteiger partial charge on any atom is -0.493 e. The largest absolute Gasteiger partial charge is 0.493 e. The lowest BCUT2D eigenvalue weighted by Crippen LogP contribution is -2.36. The Balaban J connectivity index is 1.96. The number of anilines is 1. The molecule has 0 saturated carbocycles. The fourth-order valence-corrected chi connectivity index (χ4v) is 4.60. The number of nitrogens with zero attached hydrogens (tertiary/aromatic N) is 1. The van der Waals surface area contributed by atoms with Gasteiger partial charge < -0.3 is 19.7 Å². The molecule has 2 heterocycles. The SMILES string of the molecule is CCc1sc(C(=O)Nc2cc(OC)c(OC)cc2C(=O)N2CCCCC2)cc1C. The third kappa shape index (κ3) is 4.56. The molecule has 0 atom stereocenters. The summed E-state index contributed by atoms with van der Waals surface area (Å²) in [6.07, 6.45) is 4.01. The molecule has 1 aromatic heterocycles. The molecule has 2 amide bonds. The molecular formula is C22H28N2O4S. The highest BCUT2D eigenvalue weighted by Gasteiger charge is 2.25. The van der Waals surface area contributed by atoms with Crippen molar-refractivity contribution in [3.8, 4) is 11.5 Å². The molecule has 1 aliphatic heterocycles. The van der Waals surface area contributed by atoms with E-state index in [1.54, 1.807) is 12.1 Å². The topological polar surface area (TPSA) is 67.9 Å². The van der Waals surface area contributed by atoms with Crippen LogP contribution in [0.5, 0.6) is 11.5 Å². The molecule has 6 nitrogen and oxygen atoms in total. The van der Waals surface area contributed by atoms with E-state index in [0.29, 0.717) is 27.6 Å². The fourth-order valence-electron chi connectivity index (χ4n) is 3.59. The number of hydrogen-bond acceptors (Lipinski definition) is 5. The van der Waals surface area contributed by atoms with Crippen LogP contribution >= 0.6 is 11.3 Å². The number of piperidine rings is 1. The van der Waals surface area contributed by atoms with Crippen molar-refractivity contribution < 1.29 is 19.1 Å². The van der Waals surface area contributed by atoms with Crippen molar-refractivity contribution in [2.45, 2.75) is 39.5 Å². The molecule has 2 aromatic rings. The number of methoxy groups -OCH3 is 2. The number of hydrogen-bond donors (Lipinski definition) is 1. The van der Waals surface area contributed by atoms with E-state index in [4.69, 9.17) is 9.47 Å². The zero-order chi connectivity index (χ0) is 21.0. The Morgan fingerprint density at radius 1 is 1.07 bits per heavy atom. The summed E-state index contributed by atoms with van der Waals surface area (Å²) in [5.41, 5.74) is 1.97. The standard InChI is InChI=1S/C22H28N2O4S/c1-5-19-14(2)11-20(29-19)21(25)23-16-13-18(28-4)17(27-3)12-15(16)22(26)24-9-7-6-8-10-24/h11-13H,5-10H2,1-4H3,(H,23,25). The van der Waals surface area contributed by atoms with Crippen molar-refractivity contribution in [2.75, 3.05) is 32.6 Å². The fraction of sp³-hybridized carbons (Fsp3) is 0.455. The van der Waals surface area contributed by atoms with Crippen molar-refractivity contribution in [1.29, 1.82) is 0 Å². The number of benzene rings is 1. The summed E-state index contributed by atoms with van der Waals surface area (Å²) in [5.74, 6) is 0.607. The van der Waals surface area contributed by atoms with E-state index < -0.39 is 0 Å². The summed E-state index contributed by atoms with van der Waals surface area (Å²) in [4.78, 5) is 29.8. The summed E-state index contributed by atoms with van der Waals surface area (Å²) in [6.45, 7) is 5.53. The minimum absolute atomic E-state index is 0.0995. The van der Waals surface area contributed by atoms with Crippen LogP contribution in [0.15, 0.2) is 18.2 Å². The maximum absolute atomic E-state index is 13.2. The van der Waals surface area contributed by atoms with E-state index in [0.717, 1.165) is 44.3 Å². The molecule has 3 rings (SSSR count). The molecule has 0 spiro atoms. The highest BCUT2D eigenvalue weighted by atomic mass is 32.1. The zero-order valence-corrected chi connectivity index (χ0v) is 18.3. The molecule has 1 fully saturated rings. The van der Waals surface area contributed by atoms with Gasteiger partial charge in [0.25, 0.3) is 11.8 Å². The molecule has 7 heteroatoms. The lowest BCUT2D eigenvalue weighted by atomic mass is 10.1. The van der Waals surface area contributed by atoms with Crippen LogP contribution in [-0.4, -0.2) is 44.0 Å². The second-order valence-electron chi connectivity index (χ2n) is 7.13. The maximum Gasteiger partial charge on any atom is 0.265 e. The number of carbonyl (C=O) groups excluding carboxylic acids is 2. The molecule has 0 bridgehead atoms. The van der Waals surface area contributed by atoms with Gasteiger partial charge in [-0.15, -0.1) is 11.3 Å². The molecule has 1 saturated heterocycles. The molecule has 1 aliphatic rings. The lowest BCUT2D eigenvalue weighted by Gasteiger charge is -2.28. The van der Waals surface area contributed by atoms with Gasteiger partial charge in [-0.1, -0.05) is 6.92 Å². The van der Waals surface area contributed by atoms with Crippen LogP contribution in [0.25, 0.3) is 0 Å². The number of rotatable bonds is 6. The summed E-state index contributed by atoms with van der Waals surface area (Å²) >= 11 is 1.48. The normalized spacial score (nSPS) is 13.9. The molecule has 0 unspecified atom stereocenters. The van der Waals surface area contributed by atoms with Crippen LogP contribution in [0, 0.1) is 6.92 Å². The number of thiophene rings is 1. The van der Waals surface area contributed by atoms with Crippen molar-refractivity contribution >= 4 is 28.8 Å². The Kier molecular flexibility index (Phi) is 6.79. The Morgan fingerprint density at radius 2 is 1.72 bits per heavy atom. The van der Waals surface area contributed by atoms with Crippen molar-refractivity contribution in [2.24, 2.45) is 0 Å². The summed E-state index contributed by atoms with van der Waals surface area (Å²) in [6, 6.07) is 5.21. The van der Waals surface area contributed by atoms with Gasteiger partial charge in [0, 0.05) is 24.0 Å². The van der Waals surface area contributed by atoms with Gasteiger partial charge in [0.1, 0.15) is 0 Å². The molecule has 156 valence electrons. The van der Waals surface area contributed by atoms with E-state index in [1.807, 2.05) is 17.9 Å². The predicted octanol–water partition coefficient (Wildman–Crippen LogP) is 4.51. The van der Waals surface area contributed by atoms with E-state index in [2.05, 4.69) is 12.2 Å². The Hall–Kier alpha value is -2.54. The molecule has 1 N–H and O–H groups in total. The van der Waals surface area contributed by atoms with Gasteiger partial charge in [-0.3, -0.25) is 9.59 Å². The van der Waals surface area contributed by atoms with Crippen LogP contribution in [0.3, 0.4) is 0 Å². The van der Waals surface area contributed by atoms with E-state index in [9.17, 15) is 9.59 Å². The third-order valence-electron chi connectivity index (χ3n) is 5.21. The summed E-state index contributed by atoms with van der Waals surface area (Å²) in [7, 11) is 3.07. The first-order chi connectivity index (χ1) is 14.0. The molecule has 29 heavy (non-hydrogen) atoms. The maximum atomic E-state index is 13.2. The lowest BCUT2D eigenvalue weighted by molar-refractivity contribution is 0.0725. The quantitative estimate of drug-likeness (QED) is 0.752. The summed E-state index contributed by atoms with van der Waals surface area (Å²) < 4.78 is 10.8. The van der Waals surface area contributed by atoms with E-state index >= 15 is 0 Å². The van der Waals surface area contributed by atoms with Crippen LogP contribution in [0.2, 0.25) is 0 Å². The average Bonchev–Trinajstić information content (AvgIpc) is 3.14. The zero-order valence-electron chi connectivity index (χ0n) is 17.5. The highest BCUT2D eigenvalue weighted by molar-refractivity contribution is 7.14. The predicted molar refractivity (Wildman–Crippen MR) is 116 cm³/mol. The van der Waals surface area contributed by atoms with Gasteiger partial charge in [0.2, 0.25) is 0 Å². The number of ether oxygens (including phenoxy) is 2. The van der Waals surface area contributed by atoms with Crippen molar-refractivity contribution in [3.05, 3.63) is 39.1 Å². The van der Waals surface area contributed by atoms with Gasteiger partial charge in [0.05, 0.1) is 30.3 Å². The number of nitrogens with one attached hydrogen (secondary N) is 1. The van der Waals surface area contributed by atoms with Gasteiger partial charge in [-0.25, -0.2) is 0 Å². The number of likely N-dealkylation sites (tertiary alicyclic amines) is 1. The van der Waals surface area contributed by atoms with Crippen molar-refractivity contribution in [3.63, 3.8) is 0 Å². The minimum atomic E-state index is -0.224. The number of carbonyl (C=O) groups is 2. The first-order valence-electron chi connectivity index (χ1n) is 9.94. The van der Waals surface area contributed by atoms with Gasteiger partial charge in [-0.05, 0) is 50.3 Å². The average molecular weight is 417 g/mol. The number of amides is 2. The monoisotopic (exact) mass is 416 g/mol. The Bertz CT molecular complexity index is 900. The number of aryl methyl sites for hydroxylation is 2. The summed E-state index contributed by atoms with van der Waals surface area (Å²) in [5, 5.41) is 2.93. The van der Waals surface area contributed by atoms with Crippen LogP contribution < -0.4 is 14.8 Å². The van der Waals surface area contributed by atoms with Crippen LogP contribution in [-0.2, 0) is 6.42 Å².